The number of nitriles is 1. The first kappa shape index (κ1) is 15.8. The average Bonchev–Trinajstić information content (AvgIpc) is 2.92. The second kappa shape index (κ2) is 5.86. The van der Waals surface area contributed by atoms with Gasteiger partial charge in [-0.1, -0.05) is 18.2 Å². The van der Waals surface area contributed by atoms with Crippen LogP contribution in [0.25, 0.3) is 16.8 Å². The number of carbonyl (C=O) groups is 1. The number of rotatable bonds is 2. The Bertz CT molecular complexity index is 938. The third-order valence-electron chi connectivity index (χ3n) is 3.75. The molecule has 0 fully saturated rings. The third kappa shape index (κ3) is 2.89. The fourth-order valence-corrected chi connectivity index (χ4v) is 2.41. The maximum Gasteiger partial charge on any atom is 0.316 e. The van der Waals surface area contributed by atoms with E-state index >= 15 is 0 Å². The number of benzene rings is 1. The zero-order valence-electron chi connectivity index (χ0n) is 13.9. The minimum Gasteiger partial charge on any atom is -0.424 e. The Morgan fingerprint density at radius 2 is 1.83 bits per heavy atom. The van der Waals surface area contributed by atoms with E-state index < -0.39 is 5.41 Å². The zero-order chi connectivity index (χ0) is 17.3. The fourth-order valence-electron chi connectivity index (χ4n) is 2.41. The Kier molecular flexibility index (Phi) is 3.86. The SMILES string of the molecule is CC(C)(C)C(=O)Oc1cc2ccccn2c1-c1ccc(C#N)cc1. The average molecular weight is 318 g/mol. The van der Waals surface area contributed by atoms with Crippen molar-refractivity contribution < 1.29 is 9.53 Å². The van der Waals surface area contributed by atoms with Crippen molar-refractivity contribution in [2.75, 3.05) is 0 Å². The summed E-state index contributed by atoms with van der Waals surface area (Å²) in [5.74, 6) is 0.235. The van der Waals surface area contributed by atoms with Gasteiger partial charge in [-0.3, -0.25) is 4.79 Å². The number of hydrogen-bond donors (Lipinski definition) is 0. The Labute approximate surface area is 140 Å². The molecule has 0 saturated heterocycles. The molecule has 0 unspecified atom stereocenters. The lowest BCUT2D eigenvalue weighted by molar-refractivity contribution is -0.142. The second-order valence-electron chi connectivity index (χ2n) is 6.68. The highest BCUT2D eigenvalue weighted by atomic mass is 16.5. The van der Waals surface area contributed by atoms with E-state index in [0.29, 0.717) is 11.3 Å². The molecule has 4 nitrogen and oxygen atoms in total. The third-order valence-corrected chi connectivity index (χ3v) is 3.75. The van der Waals surface area contributed by atoms with Crippen molar-refractivity contribution in [3.63, 3.8) is 0 Å². The van der Waals surface area contributed by atoms with Crippen molar-refractivity contribution in [1.82, 2.24) is 4.40 Å². The van der Waals surface area contributed by atoms with Gasteiger partial charge in [-0.25, -0.2) is 0 Å². The largest absolute Gasteiger partial charge is 0.424 e. The number of pyridine rings is 1. The highest BCUT2D eigenvalue weighted by Crippen LogP contribution is 2.35. The van der Waals surface area contributed by atoms with Crippen LogP contribution in [0.5, 0.6) is 5.75 Å². The smallest absolute Gasteiger partial charge is 0.316 e. The molecular weight excluding hydrogens is 300 g/mol. The van der Waals surface area contributed by atoms with E-state index in [9.17, 15) is 4.79 Å². The molecule has 0 aliphatic heterocycles. The van der Waals surface area contributed by atoms with Crippen LogP contribution in [-0.4, -0.2) is 10.4 Å². The Morgan fingerprint density at radius 3 is 2.46 bits per heavy atom. The number of nitrogens with zero attached hydrogens (tertiary/aromatic N) is 2. The van der Waals surface area contributed by atoms with Crippen LogP contribution in [0, 0.1) is 16.7 Å². The molecule has 0 bridgehead atoms. The minimum atomic E-state index is -0.587. The first-order chi connectivity index (χ1) is 11.4. The number of hydrogen-bond acceptors (Lipinski definition) is 3. The number of carbonyl (C=O) groups excluding carboxylic acids is 1. The van der Waals surface area contributed by atoms with Gasteiger partial charge in [-0.05, 0) is 45.0 Å². The second-order valence-corrected chi connectivity index (χ2v) is 6.68. The molecule has 2 aromatic heterocycles. The summed E-state index contributed by atoms with van der Waals surface area (Å²) < 4.78 is 7.66. The van der Waals surface area contributed by atoms with Crippen LogP contribution in [0.2, 0.25) is 0 Å². The zero-order valence-corrected chi connectivity index (χ0v) is 13.9. The molecule has 3 aromatic rings. The molecule has 0 amide bonds. The van der Waals surface area contributed by atoms with Crippen molar-refractivity contribution in [1.29, 1.82) is 5.26 Å². The highest BCUT2D eigenvalue weighted by molar-refractivity contribution is 5.83. The molecule has 0 atom stereocenters. The van der Waals surface area contributed by atoms with Crippen LogP contribution in [0.3, 0.4) is 0 Å². The van der Waals surface area contributed by atoms with E-state index in [0.717, 1.165) is 16.8 Å². The maximum atomic E-state index is 12.3. The summed E-state index contributed by atoms with van der Waals surface area (Å²) in [5.41, 5.74) is 2.63. The molecule has 0 spiro atoms. The van der Waals surface area contributed by atoms with Gasteiger partial charge in [0.25, 0.3) is 0 Å². The molecule has 4 heteroatoms. The van der Waals surface area contributed by atoms with Gasteiger partial charge < -0.3 is 9.14 Å². The summed E-state index contributed by atoms with van der Waals surface area (Å²) in [5, 5.41) is 8.97. The predicted octanol–water partition coefficient (Wildman–Crippen LogP) is 4.43. The van der Waals surface area contributed by atoms with Crippen LogP contribution < -0.4 is 4.74 Å². The lowest BCUT2D eigenvalue weighted by atomic mass is 9.97. The van der Waals surface area contributed by atoms with Crippen molar-refractivity contribution in [3.8, 4) is 23.1 Å². The van der Waals surface area contributed by atoms with Crippen LogP contribution >= 0.6 is 0 Å². The molecule has 0 radical (unpaired) electrons. The lowest BCUT2D eigenvalue weighted by Crippen LogP contribution is -2.25. The summed E-state index contributed by atoms with van der Waals surface area (Å²) >= 11 is 0. The number of fused-ring (bicyclic) bond motifs is 1. The van der Waals surface area contributed by atoms with Gasteiger partial charge in [-0.15, -0.1) is 0 Å². The predicted molar refractivity (Wildman–Crippen MR) is 92.6 cm³/mol. The van der Waals surface area contributed by atoms with Gasteiger partial charge in [0.1, 0.15) is 0 Å². The van der Waals surface area contributed by atoms with Crippen LogP contribution in [0.15, 0.2) is 54.7 Å². The maximum absolute atomic E-state index is 12.3. The standard InChI is InChI=1S/C20H18N2O2/c1-20(2,3)19(23)24-17-12-16-6-4-5-11-22(16)18(17)15-9-7-14(13-21)8-10-15/h4-12H,1-3H3. The molecule has 3 rings (SSSR count). The molecule has 2 heterocycles. The molecule has 120 valence electrons. The molecule has 24 heavy (non-hydrogen) atoms. The van der Waals surface area contributed by atoms with Crippen LogP contribution in [0.1, 0.15) is 26.3 Å². The van der Waals surface area contributed by atoms with Gasteiger partial charge in [-0.2, -0.15) is 5.26 Å². The summed E-state index contributed by atoms with van der Waals surface area (Å²) in [6.07, 6.45) is 1.93. The van der Waals surface area contributed by atoms with E-state index in [4.69, 9.17) is 10.00 Å². The monoisotopic (exact) mass is 318 g/mol. The van der Waals surface area contributed by atoms with E-state index in [1.807, 2.05) is 67.8 Å². The molecule has 1 aromatic carbocycles. The van der Waals surface area contributed by atoms with Crippen molar-refractivity contribution in [2.24, 2.45) is 5.41 Å². The van der Waals surface area contributed by atoms with Gasteiger partial charge in [0, 0.05) is 23.3 Å². The summed E-state index contributed by atoms with van der Waals surface area (Å²) in [6, 6.07) is 17.0. The minimum absolute atomic E-state index is 0.284. The first-order valence-corrected chi connectivity index (χ1v) is 7.73. The summed E-state index contributed by atoms with van der Waals surface area (Å²) in [4.78, 5) is 12.3. The molecule has 0 saturated carbocycles. The topological polar surface area (TPSA) is 54.5 Å². The van der Waals surface area contributed by atoms with Crippen molar-refractivity contribution in [3.05, 3.63) is 60.3 Å². The Hall–Kier alpha value is -3.06. The summed E-state index contributed by atoms with van der Waals surface area (Å²) in [7, 11) is 0. The first-order valence-electron chi connectivity index (χ1n) is 7.73. The number of ether oxygens (including phenoxy) is 1. The van der Waals surface area contributed by atoms with E-state index in [1.165, 1.54) is 0 Å². The van der Waals surface area contributed by atoms with Gasteiger partial charge >= 0.3 is 5.97 Å². The molecule has 0 aliphatic rings. The van der Waals surface area contributed by atoms with Gasteiger partial charge in [0.2, 0.25) is 0 Å². The quantitative estimate of drug-likeness (QED) is 0.657. The number of esters is 1. The molecule has 0 aliphatic carbocycles. The van der Waals surface area contributed by atoms with Crippen LogP contribution in [0.4, 0.5) is 0 Å². The molecule has 0 N–H and O–H groups in total. The van der Waals surface area contributed by atoms with Crippen molar-refractivity contribution in [2.45, 2.75) is 20.8 Å². The highest BCUT2D eigenvalue weighted by Gasteiger charge is 2.26. The Morgan fingerprint density at radius 1 is 1.12 bits per heavy atom. The summed E-state index contributed by atoms with van der Waals surface area (Å²) in [6.45, 7) is 5.48. The van der Waals surface area contributed by atoms with E-state index in [-0.39, 0.29) is 5.97 Å². The van der Waals surface area contributed by atoms with Crippen molar-refractivity contribution >= 4 is 11.5 Å². The van der Waals surface area contributed by atoms with E-state index in [2.05, 4.69) is 6.07 Å². The lowest BCUT2D eigenvalue weighted by Gasteiger charge is -2.16. The van der Waals surface area contributed by atoms with Crippen LogP contribution in [-0.2, 0) is 4.79 Å². The number of aromatic nitrogens is 1. The molecular formula is C20H18N2O2. The normalized spacial score (nSPS) is 11.2. The Balaban J connectivity index is 2.15. The van der Waals surface area contributed by atoms with Gasteiger partial charge in [0.05, 0.1) is 22.7 Å². The van der Waals surface area contributed by atoms with E-state index in [1.54, 1.807) is 12.1 Å². The fraction of sp³-hybridized carbons (Fsp3) is 0.200. The van der Waals surface area contributed by atoms with Gasteiger partial charge in [0.15, 0.2) is 5.75 Å².